The van der Waals surface area contributed by atoms with E-state index in [-0.39, 0.29) is 29.3 Å². The number of nitrogens with two attached hydrogens (primary N) is 1. The first-order valence-corrected chi connectivity index (χ1v) is 22.6. The smallest absolute Gasteiger partial charge is 0.243 e. The Hall–Kier alpha value is -5.92. The Morgan fingerprint density at radius 1 is 1.13 bits per heavy atom. The molecule has 2 aliphatic rings. The highest BCUT2D eigenvalue weighted by atomic mass is 32.2. The molecule has 2 aromatic carbocycles. The quantitative estimate of drug-likeness (QED) is 0.0469. The van der Waals surface area contributed by atoms with Crippen LogP contribution in [0.1, 0.15) is 70.1 Å². The standard InChI is InChI=1S/C40H54FN11O3S.C4H7NO2/c1-7-9-31(22-42)37-38(55-27(2)3)40(52(44-5)26-47-37)46-25-45-35-14-12-32(21-34(35)41)56(53,54)51-17-8-10-28(24-51)23-50-18-15-29(16-19-50)30-11-13-33-36(20-30)49(6)48-39(33)43-4;6-3-1-2-5-4-7/h7,9,11-14,20-22,26-29,45H,5,8,10,15-19,23-25,42H2,1-4,6H3,(H,43,48);3-4H,1-2H2,(H,5,7)/b9-7-,31-22+,46-40-;. The summed E-state index contributed by atoms with van der Waals surface area (Å²) in [5, 5.41) is 18.1. The number of ether oxygens (including phenoxy) is 1. The molecule has 2 aromatic heterocycles. The molecule has 0 saturated carbocycles. The van der Waals surface area contributed by atoms with Crippen molar-refractivity contribution < 1.29 is 27.1 Å². The number of aromatic nitrogens is 4. The zero-order valence-corrected chi connectivity index (χ0v) is 37.7. The highest BCUT2D eigenvalue weighted by Gasteiger charge is 2.32. The lowest BCUT2D eigenvalue weighted by Crippen LogP contribution is -2.45. The highest BCUT2D eigenvalue weighted by Crippen LogP contribution is 2.33. The summed E-state index contributed by atoms with van der Waals surface area (Å²) in [6.45, 7) is 13.2. The van der Waals surface area contributed by atoms with Crippen LogP contribution in [0.15, 0.2) is 76.1 Å². The lowest BCUT2D eigenvalue weighted by molar-refractivity contribution is -0.110. The van der Waals surface area contributed by atoms with Crippen molar-refractivity contribution >= 4 is 57.4 Å². The van der Waals surface area contributed by atoms with Crippen LogP contribution < -0.4 is 31.9 Å². The predicted octanol–water partition coefficient (Wildman–Crippen LogP) is 4.65. The van der Waals surface area contributed by atoms with Crippen LogP contribution in [0.3, 0.4) is 0 Å². The molecular formula is C44H61FN12O5S. The number of aryl methyl sites for hydroxylation is 1. The fourth-order valence-electron chi connectivity index (χ4n) is 7.90. The molecule has 1 amide bonds. The van der Waals surface area contributed by atoms with E-state index in [0.717, 1.165) is 74.4 Å². The number of likely N-dealkylation sites (tertiary alicyclic amines) is 1. The first-order valence-electron chi connectivity index (χ1n) is 21.2. The zero-order chi connectivity index (χ0) is 45.5. The Labute approximate surface area is 369 Å². The number of nitrogens with one attached hydrogen (secondary N) is 3. The monoisotopic (exact) mass is 888 g/mol. The second kappa shape index (κ2) is 23.0. The van der Waals surface area contributed by atoms with Crippen molar-refractivity contribution in [3.8, 4) is 5.75 Å². The van der Waals surface area contributed by atoms with Crippen molar-refractivity contribution in [3.05, 3.63) is 83.6 Å². The number of piperidine rings is 2. The molecule has 5 N–H and O–H groups in total. The zero-order valence-electron chi connectivity index (χ0n) is 36.8. The Kier molecular flexibility index (Phi) is 17.5. The molecule has 0 bridgehead atoms. The van der Waals surface area contributed by atoms with Gasteiger partial charge in [-0.25, -0.2) is 27.5 Å². The van der Waals surface area contributed by atoms with Crippen LogP contribution in [-0.2, 0) is 26.7 Å². The van der Waals surface area contributed by atoms with Gasteiger partial charge in [-0.15, -0.1) is 0 Å². The molecule has 2 fully saturated rings. The van der Waals surface area contributed by atoms with E-state index < -0.39 is 15.8 Å². The molecule has 17 nitrogen and oxygen atoms in total. The molecule has 0 spiro atoms. The van der Waals surface area contributed by atoms with E-state index in [4.69, 9.17) is 10.5 Å². The average molecular weight is 889 g/mol. The number of allylic oxidation sites excluding steroid dienone is 3. The fraction of sp³-hybridized carbons (Fsp3) is 0.455. The van der Waals surface area contributed by atoms with Gasteiger partial charge in [0.2, 0.25) is 16.4 Å². The molecule has 340 valence electrons. The number of benzene rings is 2. The number of amides is 1. The van der Waals surface area contributed by atoms with E-state index in [2.05, 4.69) is 65.9 Å². The van der Waals surface area contributed by atoms with Gasteiger partial charge in [0.05, 0.1) is 22.2 Å². The fourth-order valence-corrected chi connectivity index (χ4v) is 9.46. The van der Waals surface area contributed by atoms with Crippen LogP contribution in [-0.4, -0.2) is 116 Å². The molecule has 2 saturated heterocycles. The van der Waals surface area contributed by atoms with Gasteiger partial charge in [0.1, 0.15) is 30.8 Å². The first-order chi connectivity index (χ1) is 30.4. The van der Waals surface area contributed by atoms with Crippen LogP contribution >= 0.6 is 0 Å². The Morgan fingerprint density at radius 2 is 1.90 bits per heavy atom. The van der Waals surface area contributed by atoms with Gasteiger partial charge in [0, 0.05) is 70.6 Å². The molecule has 0 aliphatic carbocycles. The maximum Gasteiger partial charge on any atom is 0.243 e. The summed E-state index contributed by atoms with van der Waals surface area (Å²) in [6.07, 6.45) is 11.8. The normalized spacial score (nSPS) is 17.1. The molecule has 4 aromatic rings. The van der Waals surface area contributed by atoms with E-state index in [9.17, 15) is 18.0 Å². The number of hydrogen-bond acceptors (Lipinski definition) is 13. The van der Waals surface area contributed by atoms with Crippen LogP contribution in [0.4, 0.5) is 15.9 Å². The minimum absolute atomic E-state index is 0.0728. The molecule has 1 atom stereocenters. The predicted molar refractivity (Wildman–Crippen MR) is 245 cm³/mol. The number of carbonyl (C=O) groups is 2. The van der Waals surface area contributed by atoms with Gasteiger partial charge < -0.3 is 36.1 Å². The van der Waals surface area contributed by atoms with Gasteiger partial charge in [-0.3, -0.25) is 9.48 Å². The summed E-state index contributed by atoms with van der Waals surface area (Å²) in [5.41, 5.74) is 9.83. The van der Waals surface area contributed by atoms with Crippen LogP contribution in [0, 0.1) is 11.7 Å². The first kappa shape index (κ1) is 48.1. The third-order valence-corrected chi connectivity index (χ3v) is 12.8. The van der Waals surface area contributed by atoms with Crippen LogP contribution in [0.25, 0.3) is 16.5 Å². The number of fused-ring (bicyclic) bond motifs is 1. The number of aldehydes is 1. The second-order valence-electron chi connectivity index (χ2n) is 15.6. The van der Waals surface area contributed by atoms with E-state index in [1.807, 2.05) is 45.6 Å². The SMILES string of the molecule is C=Nn1cnc(C(/C=C\C)=C/N)c(OC(C)C)/c1=N/CNc1ccc(S(=O)(=O)N2CCCC(CN3CCC(c4ccc5c(NC)nn(C)c5c4)CC3)C2)cc1F.O=CCCNC=O. The molecule has 0 radical (unpaired) electrons. The molecule has 63 heavy (non-hydrogen) atoms. The largest absolute Gasteiger partial charge is 0.485 e. The second-order valence-corrected chi connectivity index (χ2v) is 17.6. The van der Waals surface area contributed by atoms with E-state index >= 15 is 4.39 Å². The van der Waals surface area contributed by atoms with Gasteiger partial charge in [0.25, 0.3) is 0 Å². The average Bonchev–Trinajstić information content (AvgIpc) is 3.61. The Bertz CT molecular complexity index is 2430. The maximum absolute atomic E-state index is 15.5. The molecule has 4 heterocycles. The van der Waals surface area contributed by atoms with Crippen molar-refractivity contribution in [1.29, 1.82) is 0 Å². The number of halogens is 1. The van der Waals surface area contributed by atoms with Gasteiger partial charge >= 0.3 is 0 Å². The molecule has 6 rings (SSSR count). The lowest BCUT2D eigenvalue weighted by Gasteiger charge is -2.38. The number of sulfonamides is 1. The number of nitrogens with zero attached hydrogens (tertiary/aromatic N) is 8. The summed E-state index contributed by atoms with van der Waals surface area (Å²) < 4.78 is 54.1. The Morgan fingerprint density at radius 3 is 2.56 bits per heavy atom. The van der Waals surface area contributed by atoms with Gasteiger partial charge in [-0.1, -0.05) is 18.2 Å². The minimum Gasteiger partial charge on any atom is -0.485 e. The lowest BCUT2D eigenvalue weighted by atomic mass is 9.88. The summed E-state index contributed by atoms with van der Waals surface area (Å²) in [7, 11) is -0.0417. The maximum atomic E-state index is 15.5. The van der Waals surface area contributed by atoms with Crippen LogP contribution in [0.2, 0.25) is 0 Å². The van der Waals surface area contributed by atoms with Gasteiger partial charge in [0.15, 0.2) is 17.1 Å². The van der Waals surface area contributed by atoms with Gasteiger partial charge in [-0.2, -0.15) is 14.5 Å². The molecule has 19 heteroatoms. The topological polar surface area (TPSA) is 206 Å². The summed E-state index contributed by atoms with van der Waals surface area (Å²) in [4.78, 5) is 30.4. The number of rotatable bonds is 18. The Balaban J connectivity index is 0.000000985. The van der Waals surface area contributed by atoms with E-state index in [1.165, 1.54) is 39.2 Å². The highest BCUT2D eigenvalue weighted by molar-refractivity contribution is 7.89. The van der Waals surface area contributed by atoms with E-state index in [0.29, 0.717) is 60.9 Å². The number of anilines is 2. The van der Waals surface area contributed by atoms with Crippen molar-refractivity contribution in [2.75, 3.05) is 63.6 Å². The summed E-state index contributed by atoms with van der Waals surface area (Å²) in [6, 6.07) is 10.6. The summed E-state index contributed by atoms with van der Waals surface area (Å²) >= 11 is 0. The van der Waals surface area contributed by atoms with Crippen molar-refractivity contribution in [2.45, 2.75) is 69.8 Å². The van der Waals surface area contributed by atoms with E-state index in [1.54, 1.807) is 6.08 Å². The van der Waals surface area contributed by atoms with Crippen molar-refractivity contribution in [3.63, 3.8) is 0 Å². The molecular weight excluding hydrogens is 828 g/mol. The van der Waals surface area contributed by atoms with Crippen molar-refractivity contribution in [1.82, 2.24) is 34.0 Å². The van der Waals surface area contributed by atoms with Gasteiger partial charge in [-0.05, 0) is 107 Å². The molecule has 2 aliphatic heterocycles. The summed E-state index contributed by atoms with van der Waals surface area (Å²) in [5.74, 6) is 1.20. The van der Waals surface area contributed by atoms with Crippen molar-refractivity contribution in [2.24, 2.45) is 28.8 Å². The minimum atomic E-state index is -3.91. The third kappa shape index (κ3) is 12.2. The van der Waals surface area contributed by atoms with Crippen LogP contribution in [0.5, 0.6) is 5.75 Å². The number of hydrogen-bond donors (Lipinski definition) is 4. The number of carbonyl (C=O) groups excluding carboxylic acids is 2. The molecule has 1 unspecified atom stereocenters. The third-order valence-electron chi connectivity index (χ3n) is 11.0.